The van der Waals surface area contributed by atoms with Crippen molar-refractivity contribution < 1.29 is 19.4 Å². The molecule has 17 heavy (non-hydrogen) atoms. The molecule has 5 nitrogen and oxygen atoms in total. The first kappa shape index (κ1) is 13.9. The molecule has 1 fully saturated rings. The molecule has 1 heterocycles. The minimum atomic E-state index is -0.980. The van der Waals surface area contributed by atoms with Crippen LogP contribution in [0, 0.1) is 0 Å². The van der Waals surface area contributed by atoms with Crippen LogP contribution in [0.25, 0.3) is 0 Å². The molecule has 0 aromatic rings. The Bertz CT molecular complexity index is 308. The van der Waals surface area contributed by atoms with Crippen LogP contribution in [0.15, 0.2) is 12.7 Å². The fourth-order valence-electron chi connectivity index (χ4n) is 1.67. The van der Waals surface area contributed by atoms with E-state index in [2.05, 4.69) is 6.58 Å². The Morgan fingerprint density at radius 3 is 2.88 bits per heavy atom. The van der Waals surface area contributed by atoms with E-state index < -0.39 is 18.1 Å². The highest BCUT2D eigenvalue weighted by atomic mass is 32.2. The highest BCUT2D eigenvalue weighted by molar-refractivity contribution is 8.00. The number of carbonyl (C=O) groups excluding carboxylic acids is 1. The zero-order valence-electron chi connectivity index (χ0n) is 9.80. The maximum absolute atomic E-state index is 11.8. The maximum Gasteiger partial charge on any atom is 0.411 e. The van der Waals surface area contributed by atoms with Gasteiger partial charge in [-0.3, -0.25) is 4.90 Å². The fraction of sp³-hybridized carbons (Fsp3) is 0.636. The van der Waals surface area contributed by atoms with E-state index in [1.165, 1.54) is 22.7 Å². The lowest BCUT2D eigenvalue weighted by Gasteiger charge is -2.25. The second kappa shape index (κ2) is 6.54. The lowest BCUT2D eigenvalue weighted by atomic mass is 10.2. The molecule has 1 aliphatic heterocycles. The summed E-state index contributed by atoms with van der Waals surface area (Å²) in [7, 11) is 0. The minimum absolute atomic E-state index is 0.0987. The van der Waals surface area contributed by atoms with Gasteiger partial charge < -0.3 is 9.84 Å². The molecule has 6 heteroatoms. The van der Waals surface area contributed by atoms with Gasteiger partial charge in [-0.05, 0) is 6.42 Å². The molecule has 1 rings (SSSR count). The molecule has 2 atom stereocenters. The molecule has 0 spiro atoms. The number of carbonyl (C=O) groups is 2. The number of nitrogens with zero attached hydrogens (tertiary/aromatic N) is 1. The van der Waals surface area contributed by atoms with Crippen LogP contribution in [0.2, 0.25) is 0 Å². The van der Waals surface area contributed by atoms with Crippen LogP contribution < -0.4 is 0 Å². The Labute approximate surface area is 105 Å². The summed E-state index contributed by atoms with van der Waals surface area (Å²) in [6.07, 6.45) is 2.57. The molecule has 1 saturated heterocycles. The number of ether oxygens (including phenoxy) is 1. The Kier molecular flexibility index (Phi) is 5.34. The van der Waals surface area contributed by atoms with Gasteiger partial charge in [-0.15, -0.1) is 11.8 Å². The largest absolute Gasteiger partial charge is 0.480 e. The average Bonchev–Trinajstić information content (AvgIpc) is 2.70. The van der Waals surface area contributed by atoms with Crippen molar-refractivity contribution in [1.82, 2.24) is 4.90 Å². The van der Waals surface area contributed by atoms with Crippen LogP contribution in [-0.4, -0.2) is 45.8 Å². The lowest BCUT2D eigenvalue weighted by Crippen LogP contribution is -2.45. The summed E-state index contributed by atoms with van der Waals surface area (Å²) >= 11 is 1.49. The molecular weight excluding hydrogens is 242 g/mol. The van der Waals surface area contributed by atoms with Crippen molar-refractivity contribution in [2.45, 2.75) is 31.2 Å². The molecule has 1 aliphatic rings. The van der Waals surface area contributed by atoms with Gasteiger partial charge in [-0.1, -0.05) is 26.0 Å². The van der Waals surface area contributed by atoms with Gasteiger partial charge in [0.1, 0.15) is 12.6 Å². The topological polar surface area (TPSA) is 66.8 Å². The van der Waals surface area contributed by atoms with Crippen molar-refractivity contribution in [1.29, 1.82) is 0 Å². The number of thioether (sulfide) groups is 1. The van der Waals surface area contributed by atoms with Crippen LogP contribution in [0.1, 0.15) is 19.8 Å². The molecule has 96 valence electrons. The van der Waals surface area contributed by atoms with E-state index in [0.29, 0.717) is 5.75 Å². The first-order valence-electron chi connectivity index (χ1n) is 5.52. The van der Waals surface area contributed by atoms with E-state index in [4.69, 9.17) is 9.84 Å². The summed E-state index contributed by atoms with van der Waals surface area (Å²) in [6, 6.07) is -0.783. The molecule has 2 unspecified atom stereocenters. The van der Waals surface area contributed by atoms with Crippen LogP contribution in [0.4, 0.5) is 4.79 Å². The first-order chi connectivity index (χ1) is 8.11. The molecule has 0 aromatic carbocycles. The first-order valence-corrected chi connectivity index (χ1v) is 6.57. The summed E-state index contributed by atoms with van der Waals surface area (Å²) in [5.41, 5.74) is 0. The third-order valence-corrected chi connectivity index (χ3v) is 3.80. The Morgan fingerprint density at radius 2 is 2.35 bits per heavy atom. The minimum Gasteiger partial charge on any atom is -0.480 e. The van der Waals surface area contributed by atoms with E-state index in [1.807, 2.05) is 6.92 Å². The predicted molar refractivity (Wildman–Crippen MR) is 66.0 cm³/mol. The van der Waals surface area contributed by atoms with Gasteiger partial charge in [0.05, 0.1) is 5.37 Å². The molecule has 0 saturated carbocycles. The third-order valence-electron chi connectivity index (χ3n) is 2.45. The second-order valence-electron chi connectivity index (χ2n) is 3.70. The smallest absolute Gasteiger partial charge is 0.411 e. The normalized spacial score (nSPS) is 23.5. The van der Waals surface area contributed by atoms with Gasteiger partial charge in [-0.25, -0.2) is 9.59 Å². The SMILES string of the molecule is C=CCOC(=O)N1C(CCC)SCC1C(=O)O. The number of rotatable bonds is 5. The van der Waals surface area contributed by atoms with Crippen LogP contribution in [0.3, 0.4) is 0 Å². The standard InChI is InChI=1S/C11H17NO4S/c1-3-5-9-12(11(15)16-6-4-2)8(7-17-9)10(13)14/h4,8-9H,2-3,5-7H2,1H3,(H,13,14). The second-order valence-corrected chi connectivity index (χ2v) is 4.91. The van der Waals surface area contributed by atoms with Gasteiger partial charge in [0, 0.05) is 5.75 Å². The summed E-state index contributed by atoms with van der Waals surface area (Å²) in [6.45, 7) is 5.56. The molecule has 0 bridgehead atoms. The third kappa shape index (κ3) is 3.39. The van der Waals surface area contributed by atoms with E-state index in [9.17, 15) is 9.59 Å². The van der Waals surface area contributed by atoms with Gasteiger partial charge in [-0.2, -0.15) is 0 Å². The number of hydrogen-bond acceptors (Lipinski definition) is 4. The van der Waals surface area contributed by atoms with Crippen molar-refractivity contribution in [2.24, 2.45) is 0 Å². The number of carboxylic acids is 1. The predicted octanol–water partition coefficient (Wildman–Crippen LogP) is 1.94. The summed E-state index contributed by atoms with van der Waals surface area (Å²) < 4.78 is 4.92. The summed E-state index contributed by atoms with van der Waals surface area (Å²) in [5.74, 6) is -0.560. The highest BCUT2D eigenvalue weighted by Crippen LogP contribution is 2.32. The summed E-state index contributed by atoms with van der Waals surface area (Å²) in [4.78, 5) is 24.2. The average molecular weight is 259 g/mol. The van der Waals surface area contributed by atoms with Crippen LogP contribution in [0.5, 0.6) is 0 Å². The molecule has 1 N–H and O–H groups in total. The molecule has 1 amide bonds. The lowest BCUT2D eigenvalue weighted by molar-refractivity contribution is -0.141. The van der Waals surface area contributed by atoms with Crippen molar-refractivity contribution in [3.63, 3.8) is 0 Å². The van der Waals surface area contributed by atoms with Crippen molar-refractivity contribution in [3.8, 4) is 0 Å². The monoisotopic (exact) mass is 259 g/mol. The number of carboxylic acid groups (broad SMARTS) is 1. The Hall–Kier alpha value is -1.17. The highest BCUT2D eigenvalue weighted by Gasteiger charge is 2.41. The van der Waals surface area contributed by atoms with Gasteiger partial charge in [0.15, 0.2) is 0 Å². The Morgan fingerprint density at radius 1 is 1.65 bits per heavy atom. The number of aliphatic carboxylic acids is 1. The van der Waals surface area contributed by atoms with Crippen molar-refractivity contribution in [3.05, 3.63) is 12.7 Å². The molecule has 0 aliphatic carbocycles. The van der Waals surface area contributed by atoms with Gasteiger partial charge in [0.2, 0.25) is 0 Å². The number of amides is 1. The van der Waals surface area contributed by atoms with Gasteiger partial charge in [0.25, 0.3) is 0 Å². The van der Waals surface area contributed by atoms with Crippen molar-refractivity contribution >= 4 is 23.8 Å². The van der Waals surface area contributed by atoms with E-state index in [0.717, 1.165) is 12.8 Å². The van der Waals surface area contributed by atoms with Crippen LogP contribution in [-0.2, 0) is 9.53 Å². The maximum atomic E-state index is 11.8. The van der Waals surface area contributed by atoms with Crippen LogP contribution >= 0.6 is 11.8 Å². The van der Waals surface area contributed by atoms with Gasteiger partial charge >= 0.3 is 12.1 Å². The molecule has 0 radical (unpaired) electrons. The Balaban J connectivity index is 2.73. The van der Waals surface area contributed by atoms with E-state index in [-0.39, 0.29) is 12.0 Å². The number of hydrogen-bond donors (Lipinski definition) is 1. The quantitative estimate of drug-likeness (QED) is 0.764. The molecule has 0 aromatic heterocycles. The van der Waals surface area contributed by atoms with E-state index >= 15 is 0 Å². The zero-order valence-corrected chi connectivity index (χ0v) is 10.6. The molecular formula is C11H17NO4S. The zero-order chi connectivity index (χ0) is 12.8. The van der Waals surface area contributed by atoms with E-state index in [1.54, 1.807) is 0 Å². The fourth-order valence-corrected chi connectivity index (χ4v) is 3.18. The summed E-state index contributed by atoms with van der Waals surface area (Å²) in [5, 5.41) is 8.96. The van der Waals surface area contributed by atoms with Crippen molar-refractivity contribution in [2.75, 3.05) is 12.4 Å².